The van der Waals surface area contributed by atoms with Crippen LogP contribution in [0.25, 0.3) is 11.2 Å². The summed E-state index contributed by atoms with van der Waals surface area (Å²) in [6.45, 7) is 1.59. The number of fused-ring (bicyclic) bond motifs is 1. The average Bonchev–Trinajstić information content (AvgIpc) is 3.30. The lowest BCUT2D eigenvalue weighted by molar-refractivity contribution is -0.0511. The van der Waals surface area contributed by atoms with E-state index in [0.717, 1.165) is 11.3 Å². The van der Waals surface area contributed by atoms with Crippen molar-refractivity contribution in [2.24, 2.45) is 0 Å². The molecule has 1 aliphatic rings. The molecule has 1 fully saturated rings. The van der Waals surface area contributed by atoms with Gasteiger partial charge in [0.05, 0.1) is 26.1 Å². The highest BCUT2D eigenvalue weighted by Crippen LogP contribution is 2.32. The number of rotatable bonds is 6. The maximum Gasteiger partial charge on any atom is 0.167 e. The molecule has 0 bridgehead atoms. The van der Waals surface area contributed by atoms with Crippen molar-refractivity contribution >= 4 is 17.0 Å². The molecule has 0 saturated carbocycles. The minimum absolute atomic E-state index is 0.0812. The van der Waals surface area contributed by atoms with Crippen LogP contribution in [0.2, 0.25) is 0 Å². The summed E-state index contributed by atoms with van der Waals surface area (Å²) in [7, 11) is 1.62. The predicted molar refractivity (Wildman–Crippen MR) is 103 cm³/mol. The van der Waals surface area contributed by atoms with Crippen molar-refractivity contribution in [1.82, 2.24) is 19.5 Å². The summed E-state index contributed by atoms with van der Waals surface area (Å²) in [5, 5.41) is 32.9. The molecule has 0 spiro atoms. The first kappa shape index (κ1) is 19.5. The van der Waals surface area contributed by atoms with Crippen molar-refractivity contribution in [3.63, 3.8) is 0 Å². The molecule has 154 valence electrons. The van der Waals surface area contributed by atoms with Crippen LogP contribution < -0.4 is 10.1 Å². The standard InChI is InChI=1S/C19H23N5O5/c1-10(11-4-3-5-12(6-11)28-2)23-17-14-18(21-8-20-17)24(9-22-14)19-16(27)15(26)13(7-25)29-19/h3-6,8-10,13,15-16,19,25-27H,7H2,1-2H3,(H,20,21,23)/t10-,13-,15+,16?,19-/m1/s1. The third-order valence-electron chi connectivity index (χ3n) is 5.10. The summed E-state index contributed by atoms with van der Waals surface area (Å²) >= 11 is 0. The van der Waals surface area contributed by atoms with E-state index in [9.17, 15) is 15.3 Å². The van der Waals surface area contributed by atoms with E-state index in [4.69, 9.17) is 9.47 Å². The number of ether oxygens (including phenoxy) is 2. The van der Waals surface area contributed by atoms with Gasteiger partial charge in [-0.3, -0.25) is 4.57 Å². The van der Waals surface area contributed by atoms with Crippen LogP contribution in [-0.4, -0.2) is 66.9 Å². The number of nitrogens with one attached hydrogen (secondary N) is 1. The van der Waals surface area contributed by atoms with Gasteiger partial charge in [0.1, 0.15) is 30.4 Å². The topological polar surface area (TPSA) is 135 Å². The molecule has 3 aromatic rings. The van der Waals surface area contributed by atoms with Crippen LogP contribution in [-0.2, 0) is 4.74 Å². The predicted octanol–water partition coefficient (Wildman–Crippen LogP) is 0.619. The monoisotopic (exact) mass is 401 g/mol. The van der Waals surface area contributed by atoms with Crippen molar-refractivity contribution in [3.05, 3.63) is 42.5 Å². The number of methoxy groups -OCH3 is 1. The molecule has 4 rings (SSSR count). The molecule has 0 aliphatic carbocycles. The van der Waals surface area contributed by atoms with Gasteiger partial charge in [-0.1, -0.05) is 12.1 Å². The van der Waals surface area contributed by atoms with Crippen LogP contribution in [0.15, 0.2) is 36.9 Å². The fourth-order valence-corrected chi connectivity index (χ4v) is 3.45. The number of benzene rings is 1. The van der Waals surface area contributed by atoms with E-state index >= 15 is 0 Å². The first-order valence-corrected chi connectivity index (χ1v) is 9.24. The van der Waals surface area contributed by atoms with Gasteiger partial charge >= 0.3 is 0 Å². The fraction of sp³-hybridized carbons (Fsp3) is 0.421. The highest BCUT2D eigenvalue weighted by molar-refractivity contribution is 5.82. The van der Waals surface area contributed by atoms with Crippen molar-refractivity contribution < 1.29 is 24.8 Å². The Balaban J connectivity index is 1.62. The second-order valence-electron chi connectivity index (χ2n) is 6.92. The van der Waals surface area contributed by atoms with Crippen LogP contribution in [0.5, 0.6) is 5.75 Å². The number of hydrogen-bond acceptors (Lipinski definition) is 9. The number of aliphatic hydroxyl groups excluding tert-OH is 3. The fourth-order valence-electron chi connectivity index (χ4n) is 3.45. The van der Waals surface area contributed by atoms with Gasteiger partial charge in [0.25, 0.3) is 0 Å². The number of hydrogen-bond donors (Lipinski definition) is 4. The molecule has 1 aromatic carbocycles. The minimum Gasteiger partial charge on any atom is -0.497 e. The molecule has 5 atom stereocenters. The molecule has 0 amide bonds. The Kier molecular flexibility index (Phi) is 5.33. The Morgan fingerprint density at radius 3 is 2.79 bits per heavy atom. The van der Waals surface area contributed by atoms with Crippen molar-refractivity contribution in [3.8, 4) is 5.75 Å². The highest BCUT2D eigenvalue weighted by atomic mass is 16.6. The Morgan fingerprint density at radius 2 is 2.07 bits per heavy atom. The number of imidazole rings is 1. The lowest BCUT2D eigenvalue weighted by Crippen LogP contribution is -2.33. The maximum atomic E-state index is 10.3. The largest absolute Gasteiger partial charge is 0.497 e. The molecular weight excluding hydrogens is 378 g/mol. The SMILES string of the molecule is COc1cccc([C@@H](C)Nc2ncnc3c2ncn3[C@@H]2O[C@H](CO)[C@H](O)C2O)c1. The van der Waals surface area contributed by atoms with E-state index < -0.39 is 31.1 Å². The second-order valence-corrected chi connectivity index (χ2v) is 6.92. The van der Waals surface area contributed by atoms with Crippen molar-refractivity contribution in [2.75, 3.05) is 19.0 Å². The smallest absolute Gasteiger partial charge is 0.167 e. The van der Waals surface area contributed by atoms with E-state index in [1.54, 1.807) is 7.11 Å². The molecule has 10 heteroatoms. The number of aliphatic hydroxyl groups is 3. The first-order chi connectivity index (χ1) is 14.0. The van der Waals surface area contributed by atoms with Crippen LogP contribution in [0.3, 0.4) is 0 Å². The molecule has 3 heterocycles. The molecule has 10 nitrogen and oxygen atoms in total. The molecule has 4 N–H and O–H groups in total. The zero-order chi connectivity index (χ0) is 20.5. The van der Waals surface area contributed by atoms with Gasteiger partial charge in [-0.25, -0.2) is 15.0 Å². The Bertz CT molecular complexity index is 996. The zero-order valence-electron chi connectivity index (χ0n) is 16.0. The highest BCUT2D eigenvalue weighted by Gasteiger charge is 2.44. The molecule has 1 aliphatic heterocycles. The third kappa shape index (κ3) is 3.51. The van der Waals surface area contributed by atoms with Gasteiger partial charge in [-0.2, -0.15) is 0 Å². The third-order valence-corrected chi connectivity index (χ3v) is 5.10. The molecule has 2 aromatic heterocycles. The van der Waals surface area contributed by atoms with E-state index in [1.165, 1.54) is 17.2 Å². The second kappa shape index (κ2) is 7.91. The first-order valence-electron chi connectivity index (χ1n) is 9.24. The van der Waals surface area contributed by atoms with E-state index in [1.807, 2.05) is 31.2 Å². The van der Waals surface area contributed by atoms with Crippen LogP contribution >= 0.6 is 0 Å². The average molecular weight is 401 g/mol. The Labute approximate surface area is 166 Å². The summed E-state index contributed by atoms with van der Waals surface area (Å²) < 4.78 is 12.4. The van der Waals surface area contributed by atoms with Crippen LogP contribution in [0.1, 0.15) is 24.8 Å². The van der Waals surface area contributed by atoms with Crippen molar-refractivity contribution in [2.45, 2.75) is 37.5 Å². The molecule has 0 radical (unpaired) electrons. The number of anilines is 1. The number of aromatic nitrogens is 4. The molecule has 1 saturated heterocycles. The number of nitrogens with zero attached hydrogens (tertiary/aromatic N) is 4. The zero-order valence-corrected chi connectivity index (χ0v) is 16.0. The van der Waals surface area contributed by atoms with Crippen LogP contribution in [0, 0.1) is 0 Å². The molecule has 1 unspecified atom stereocenters. The van der Waals surface area contributed by atoms with Gasteiger partial charge in [0.2, 0.25) is 0 Å². The summed E-state index contributed by atoms with van der Waals surface area (Å²) in [5.41, 5.74) is 1.95. The normalized spacial score (nSPS) is 25.3. The summed E-state index contributed by atoms with van der Waals surface area (Å²) in [4.78, 5) is 12.9. The van der Waals surface area contributed by atoms with Gasteiger partial charge in [0.15, 0.2) is 23.2 Å². The lowest BCUT2D eigenvalue weighted by Gasteiger charge is -2.17. The van der Waals surface area contributed by atoms with E-state index in [0.29, 0.717) is 17.0 Å². The minimum atomic E-state index is -1.22. The van der Waals surface area contributed by atoms with Gasteiger partial charge in [0, 0.05) is 0 Å². The van der Waals surface area contributed by atoms with E-state index in [2.05, 4.69) is 20.3 Å². The maximum absolute atomic E-state index is 10.3. The molecular formula is C19H23N5O5. The van der Waals surface area contributed by atoms with Gasteiger partial charge < -0.3 is 30.1 Å². The van der Waals surface area contributed by atoms with Gasteiger partial charge in [-0.15, -0.1) is 0 Å². The Morgan fingerprint density at radius 1 is 1.24 bits per heavy atom. The van der Waals surface area contributed by atoms with Gasteiger partial charge in [-0.05, 0) is 24.6 Å². The Hall–Kier alpha value is -2.79. The van der Waals surface area contributed by atoms with Crippen LogP contribution in [0.4, 0.5) is 5.82 Å². The summed E-state index contributed by atoms with van der Waals surface area (Å²) in [6.07, 6.45) is -1.34. The van der Waals surface area contributed by atoms with Crippen molar-refractivity contribution in [1.29, 1.82) is 0 Å². The molecule has 29 heavy (non-hydrogen) atoms. The quantitative estimate of drug-likeness (QED) is 0.469. The summed E-state index contributed by atoms with van der Waals surface area (Å²) in [5.74, 6) is 1.29. The lowest BCUT2D eigenvalue weighted by atomic mass is 10.1. The summed E-state index contributed by atoms with van der Waals surface area (Å²) in [6, 6.07) is 7.63. The van der Waals surface area contributed by atoms with E-state index in [-0.39, 0.29) is 6.04 Å².